The Kier molecular flexibility index (Phi) is 5.26. The third-order valence-electron chi connectivity index (χ3n) is 6.78. The van der Waals surface area contributed by atoms with E-state index >= 15 is 0 Å². The maximum atomic E-state index is 5.01. The molecule has 6 aromatic carbocycles. The molecule has 0 bridgehead atoms. The molecule has 0 unspecified atom stereocenters. The lowest BCUT2D eigenvalue weighted by Gasteiger charge is -2.11. The van der Waals surface area contributed by atoms with Gasteiger partial charge in [-0.25, -0.2) is 15.0 Å². The molecule has 174 valence electrons. The first-order valence-electron chi connectivity index (χ1n) is 12.2. The van der Waals surface area contributed by atoms with Crippen molar-refractivity contribution in [3.05, 3.63) is 126 Å². The van der Waals surface area contributed by atoms with E-state index < -0.39 is 0 Å². The van der Waals surface area contributed by atoms with Crippen molar-refractivity contribution in [3.63, 3.8) is 0 Å². The van der Waals surface area contributed by atoms with E-state index in [-0.39, 0.29) is 0 Å². The van der Waals surface area contributed by atoms with Crippen LogP contribution in [0.3, 0.4) is 0 Å². The summed E-state index contributed by atoms with van der Waals surface area (Å²) >= 11 is 3.69. The van der Waals surface area contributed by atoms with Crippen LogP contribution in [-0.4, -0.2) is 15.0 Å². The van der Waals surface area contributed by atoms with E-state index in [4.69, 9.17) is 15.0 Å². The minimum Gasteiger partial charge on any atom is -0.208 e. The highest BCUT2D eigenvalue weighted by Gasteiger charge is 2.15. The zero-order chi connectivity index (χ0) is 24.8. The zero-order valence-corrected chi connectivity index (χ0v) is 21.4. The van der Waals surface area contributed by atoms with Crippen LogP contribution < -0.4 is 0 Å². The molecular formula is C33H20BrN3. The van der Waals surface area contributed by atoms with Gasteiger partial charge >= 0.3 is 0 Å². The number of benzene rings is 6. The van der Waals surface area contributed by atoms with Gasteiger partial charge in [-0.05, 0) is 44.5 Å². The molecule has 0 fully saturated rings. The van der Waals surface area contributed by atoms with Crippen LogP contribution in [-0.2, 0) is 0 Å². The van der Waals surface area contributed by atoms with Gasteiger partial charge in [0.25, 0.3) is 0 Å². The Morgan fingerprint density at radius 3 is 1.95 bits per heavy atom. The maximum absolute atomic E-state index is 5.01. The van der Waals surface area contributed by atoms with E-state index in [9.17, 15) is 0 Å². The second-order valence-corrected chi connectivity index (χ2v) is 9.89. The minimum absolute atomic E-state index is 0.658. The maximum Gasteiger partial charge on any atom is 0.164 e. The van der Waals surface area contributed by atoms with Gasteiger partial charge in [-0.15, -0.1) is 0 Å². The number of rotatable bonds is 3. The number of aromatic nitrogens is 3. The number of hydrogen-bond acceptors (Lipinski definition) is 3. The quantitative estimate of drug-likeness (QED) is 0.211. The standard InChI is InChI=1S/C33H20BrN3/c34-30-15-7-12-27-28(30)13-6-14-29(27)33-36-31(22-9-2-1-3-10-22)35-32(37-33)24-18-19-26-23(20-24)17-16-21-8-4-5-11-25(21)26/h1-20H. The Labute approximate surface area is 222 Å². The third kappa shape index (κ3) is 3.87. The Balaban J connectivity index is 1.47. The molecule has 37 heavy (non-hydrogen) atoms. The highest BCUT2D eigenvalue weighted by Crippen LogP contribution is 2.34. The van der Waals surface area contributed by atoms with Crippen LogP contribution in [0.5, 0.6) is 0 Å². The lowest BCUT2D eigenvalue weighted by atomic mass is 10.00. The predicted octanol–water partition coefficient (Wildman–Crippen LogP) is 9.09. The van der Waals surface area contributed by atoms with Gasteiger partial charge in [-0.1, -0.05) is 125 Å². The van der Waals surface area contributed by atoms with Crippen LogP contribution in [0, 0.1) is 0 Å². The van der Waals surface area contributed by atoms with E-state index in [0.717, 1.165) is 37.3 Å². The van der Waals surface area contributed by atoms with Crippen LogP contribution in [0.2, 0.25) is 0 Å². The fraction of sp³-hybridized carbons (Fsp3) is 0. The van der Waals surface area contributed by atoms with Crippen LogP contribution in [0.15, 0.2) is 126 Å². The zero-order valence-electron chi connectivity index (χ0n) is 19.8. The largest absolute Gasteiger partial charge is 0.208 e. The van der Waals surface area contributed by atoms with Crippen molar-refractivity contribution >= 4 is 48.2 Å². The van der Waals surface area contributed by atoms with E-state index in [0.29, 0.717) is 17.5 Å². The Hall–Kier alpha value is -4.41. The van der Waals surface area contributed by atoms with E-state index in [2.05, 4.69) is 101 Å². The number of fused-ring (bicyclic) bond motifs is 4. The molecule has 0 aliphatic carbocycles. The molecule has 0 atom stereocenters. The van der Waals surface area contributed by atoms with Crippen molar-refractivity contribution < 1.29 is 0 Å². The normalized spacial score (nSPS) is 11.4. The molecule has 0 aliphatic rings. The molecular weight excluding hydrogens is 518 g/mol. The molecule has 1 heterocycles. The fourth-order valence-electron chi connectivity index (χ4n) is 4.96. The van der Waals surface area contributed by atoms with Crippen LogP contribution in [0.25, 0.3) is 66.5 Å². The second-order valence-electron chi connectivity index (χ2n) is 9.04. The summed E-state index contributed by atoms with van der Waals surface area (Å²) in [5.74, 6) is 1.98. The van der Waals surface area contributed by atoms with Crippen molar-refractivity contribution in [1.82, 2.24) is 15.0 Å². The van der Waals surface area contributed by atoms with Gasteiger partial charge in [0.15, 0.2) is 17.5 Å². The Bertz CT molecular complexity index is 1950. The van der Waals surface area contributed by atoms with Gasteiger partial charge in [0.2, 0.25) is 0 Å². The van der Waals surface area contributed by atoms with E-state index in [1.54, 1.807) is 0 Å². The van der Waals surface area contributed by atoms with Gasteiger partial charge < -0.3 is 0 Å². The van der Waals surface area contributed by atoms with Gasteiger partial charge in [-0.2, -0.15) is 0 Å². The van der Waals surface area contributed by atoms with Crippen molar-refractivity contribution in [3.8, 4) is 34.2 Å². The summed E-state index contributed by atoms with van der Waals surface area (Å²) in [4.78, 5) is 14.9. The number of halogens is 1. The highest BCUT2D eigenvalue weighted by molar-refractivity contribution is 9.10. The summed E-state index contributed by atoms with van der Waals surface area (Å²) in [7, 11) is 0. The SMILES string of the molecule is Brc1cccc2c(-c3nc(-c4ccccc4)nc(-c4ccc5c(ccc6ccccc65)c4)n3)cccc12. The molecule has 0 N–H and O–H groups in total. The number of hydrogen-bond donors (Lipinski definition) is 0. The fourth-order valence-corrected chi connectivity index (χ4v) is 5.46. The highest BCUT2D eigenvalue weighted by atomic mass is 79.9. The summed E-state index contributed by atoms with van der Waals surface area (Å²) in [6.45, 7) is 0. The summed E-state index contributed by atoms with van der Waals surface area (Å²) < 4.78 is 1.05. The topological polar surface area (TPSA) is 38.7 Å². The monoisotopic (exact) mass is 537 g/mol. The van der Waals surface area contributed by atoms with Crippen LogP contribution in [0.1, 0.15) is 0 Å². The third-order valence-corrected chi connectivity index (χ3v) is 7.47. The second kappa shape index (κ2) is 8.91. The summed E-state index contributed by atoms with van der Waals surface area (Å²) in [5, 5.41) is 7.08. The average molecular weight is 538 g/mol. The summed E-state index contributed by atoms with van der Waals surface area (Å²) in [6, 6.07) is 41.8. The number of nitrogens with zero attached hydrogens (tertiary/aromatic N) is 3. The van der Waals surface area contributed by atoms with Crippen molar-refractivity contribution in [2.45, 2.75) is 0 Å². The first-order valence-corrected chi connectivity index (χ1v) is 12.9. The van der Waals surface area contributed by atoms with Gasteiger partial charge in [0.1, 0.15) is 0 Å². The Morgan fingerprint density at radius 1 is 0.405 bits per heavy atom. The van der Waals surface area contributed by atoms with Crippen LogP contribution in [0.4, 0.5) is 0 Å². The Morgan fingerprint density at radius 2 is 1.05 bits per heavy atom. The van der Waals surface area contributed by atoms with Gasteiger partial charge in [0.05, 0.1) is 0 Å². The molecule has 0 saturated carbocycles. The molecule has 0 aliphatic heterocycles. The molecule has 0 amide bonds. The smallest absolute Gasteiger partial charge is 0.164 e. The molecule has 4 heteroatoms. The molecule has 1 aromatic heterocycles. The minimum atomic E-state index is 0.658. The lowest BCUT2D eigenvalue weighted by Crippen LogP contribution is -2.00. The molecule has 0 saturated heterocycles. The lowest BCUT2D eigenvalue weighted by molar-refractivity contribution is 1.08. The summed E-state index contributed by atoms with van der Waals surface area (Å²) in [5.41, 5.74) is 2.90. The van der Waals surface area contributed by atoms with Crippen molar-refractivity contribution in [1.29, 1.82) is 0 Å². The predicted molar refractivity (Wildman–Crippen MR) is 156 cm³/mol. The van der Waals surface area contributed by atoms with Crippen molar-refractivity contribution in [2.24, 2.45) is 0 Å². The first-order chi connectivity index (χ1) is 18.2. The van der Waals surface area contributed by atoms with E-state index in [1.807, 2.05) is 36.4 Å². The average Bonchev–Trinajstić information content (AvgIpc) is 2.97. The van der Waals surface area contributed by atoms with Gasteiger partial charge in [-0.3, -0.25) is 0 Å². The van der Waals surface area contributed by atoms with Crippen molar-refractivity contribution in [2.75, 3.05) is 0 Å². The molecule has 3 nitrogen and oxygen atoms in total. The molecule has 0 radical (unpaired) electrons. The molecule has 7 aromatic rings. The first kappa shape index (κ1) is 21.8. The van der Waals surface area contributed by atoms with E-state index in [1.165, 1.54) is 16.2 Å². The van der Waals surface area contributed by atoms with Crippen LogP contribution >= 0.6 is 15.9 Å². The molecule has 0 spiro atoms. The summed E-state index contributed by atoms with van der Waals surface area (Å²) in [6.07, 6.45) is 0. The molecule has 7 rings (SSSR count). The van der Waals surface area contributed by atoms with Gasteiger partial charge in [0, 0.05) is 21.2 Å².